The third-order valence-corrected chi connectivity index (χ3v) is 3.70. The summed E-state index contributed by atoms with van der Waals surface area (Å²) < 4.78 is 11.1. The Kier molecular flexibility index (Phi) is 11.8. The molecule has 0 aliphatic carbocycles. The molecular weight excluding hydrogens is 248 g/mol. The van der Waals surface area contributed by atoms with Gasteiger partial charge in [0.1, 0.15) is 0 Å². The third-order valence-electron chi connectivity index (χ3n) is 3.70. The number of unbranched alkanes of at least 4 members (excludes halogenated alkanes) is 7. The average Bonchev–Trinajstić information content (AvgIpc) is 2.49. The van der Waals surface area contributed by atoms with Crippen LogP contribution in [0.5, 0.6) is 0 Å². The lowest BCUT2D eigenvalue weighted by Gasteiger charge is -2.22. The molecule has 2 heteroatoms. The molecule has 2 nitrogen and oxygen atoms in total. The first-order valence-corrected chi connectivity index (χ1v) is 8.62. The van der Waals surface area contributed by atoms with Crippen LogP contribution >= 0.6 is 0 Å². The molecule has 0 aromatic rings. The SMILES string of the molecule is CCCCCCCCCC#CCCOC1CCCCO1. The molecule has 0 spiro atoms. The van der Waals surface area contributed by atoms with Crippen LogP contribution in [0.2, 0.25) is 0 Å². The van der Waals surface area contributed by atoms with Gasteiger partial charge in [-0.15, -0.1) is 11.8 Å². The maximum Gasteiger partial charge on any atom is 0.157 e. The van der Waals surface area contributed by atoms with Crippen molar-refractivity contribution in [2.75, 3.05) is 13.2 Å². The fraction of sp³-hybridized carbons (Fsp3) is 0.889. The Morgan fingerprint density at radius 2 is 1.70 bits per heavy atom. The Hall–Kier alpha value is -0.520. The van der Waals surface area contributed by atoms with Crippen molar-refractivity contribution < 1.29 is 9.47 Å². The molecule has 20 heavy (non-hydrogen) atoms. The fourth-order valence-corrected chi connectivity index (χ4v) is 2.43. The summed E-state index contributed by atoms with van der Waals surface area (Å²) in [6, 6.07) is 0. The van der Waals surface area contributed by atoms with Gasteiger partial charge in [0.2, 0.25) is 0 Å². The second-order valence-electron chi connectivity index (χ2n) is 5.64. The minimum Gasteiger partial charge on any atom is -0.353 e. The average molecular weight is 280 g/mol. The minimum atomic E-state index is 0.0358. The molecule has 0 aromatic heterocycles. The zero-order valence-corrected chi connectivity index (χ0v) is 13.3. The summed E-state index contributed by atoms with van der Waals surface area (Å²) in [5, 5.41) is 0. The van der Waals surface area contributed by atoms with Gasteiger partial charge < -0.3 is 9.47 Å². The van der Waals surface area contributed by atoms with Gasteiger partial charge in [-0.05, 0) is 25.7 Å². The fourth-order valence-electron chi connectivity index (χ4n) is 2.43. The summed E-state index contributed by atoms with van der Waals surface area (Å²) in [4.78, 5) is 0. The molecule has 1 atom stereocenters. The van der Waals surface area contributed by atoms with Crippen molar-refractivity contribution >= 4 is 0 Å². The molecule has 1 rings (SSSR count). The lowest BCUT2D eigenvalue weighted by atomic mass is 10.1. The van der Waals surface area contributed by atoms with Crippen LogP contribution in [0.4, 0.5) is 0 Å². The van der Waals surface area contributed by atoms with E-state index in [1.807, 2.05) is 0 Å². The Balaban J connectivity index is 1.80. The summed E-state index contributed by atoms with van der Waals surface area (Å²) in [6.45, 7) is 3.84. The van der Waals surface area contributed by atoms with E-state index in [1.54, 1.807) is 0 Å². The van der Waals surface area contributed by atoms with E-state index in [1.165, 1.54) is 57.8 Å². The molecule has 1 aliphatic heterocycles. The molecule has 116 valence electrons. The van der Waals surface area contributed by atoms with Gasteiger partial charge in [-0.1, -0.05) is 45.4 Å². The Morgan fingerprint density at radius 1 is 0.950 bits per heavy atom. The van der Waals surface area contributed by atoms with Crippen LogP contribution in [0.1, 0.15) is 84.0 Å². The Bertz CT molecular complexity index is 258. The summed E-state index contributed by atoms with van der Waals surface area (Å²) in [5.74, 6) is 6.46. The van der Waals surface area contributed by atoms with E-state index >= 15 is 0 Å². The number of hydrogen-bond acceptors (Lipinski definition) is 2. The molecule has 1 fully saturated rings. The van der Waals surface area contributed by atoms with Gasteiger partial charge in [-0.3, -0.25) is 0 Å². The van der Waals surface area contributed by atoms with Crippen LogP contribution in [0.3, 0.4) is 0 Å². The predicted octanol–water partition coefficient (Wildman–Crippen LogP) is 5.06. The molecule has 1 unspecified atom stereocenters. The molecule has 0 aromatic carbocycles. The van der Waals surface area contributed by atoms with Gasteiger partial charge >= 0.3 is 0 Å². The zero-order chi connectivity index (χ0) is 14.3. The van der Waals surface area contributed by atoms with Gasteiger partial charge in [-0.25, -0.2) is 0 Å². The van der Waals surface area contributed by atoms with E-state index in [9.17, 15) is 0 Å². The molecule has 1 heterocycles. The van der Waals surface area contributed by atoms with Gasteiger partial charge in [0, 0.05) is 19.4 Å². The van der Waals surface area contributed by atoms with Crippen LogP contribution in [-0.2, 0) is 9.47 Å². The van der Waals surface area contributed by atoms with Crippen LogP contribution in [-0.4, -0.2) is 19.5 Å². The van der Waals surface area contributed by atoms with E-state index < -0.39 is 0 Å². The largest absolute Gasteiger partial charge is 0.353 e. The Morgan fingerprint density at radius 3 is 2.45 bits per heavy atom. The monoisotopic (exact) mass is 280 g/mol. The topological polar surface area (TPSA) is 18.5 Å². The second-order valence-corrected chi connectivity index (χ2v) is 5.64. The van der Waals surface area contributed by atoms with Crippen molar-refractivity contribution in [3.8, 4) is 11.8 Å². The standard InChI is InChI=1S/C18H32O2/c1-2-3-4-5-6-7-8-9-10-11-13-16-19-18-15-12-14-17-20-18/h18H,2-9,12-17H2,1H3. The highest BCUT2D eigenvalue weighted by Gasteiger charge is 2.12. The lowest BCUT2D eigenvalue weighted by molar-refractivity contribution is -0.161. The van der Waals surface area contributed by atoms with E-state index in [0.29, 0.717) is 6.61 Å². The van der Waals surface area contributed by atoms with Crippen molar-refractivity contribution in [1.29, 1.82) is 0 Å². The van der Waals surface area contributed by atoms with E-state index in [2.05, 4.69) is 18.8 Å². The van der Waals surface area contributed by atoms with Crippen LogP contribution in [0.15, 0.2) is 0 Å². The van der Waals surface area contributed by atoms with Crippen LogP contribution in [0, 0.1) is 11.8 Å². The molecular formula is C18H32O2. The number of ether oxygens (including phenoxy) is 2. The molecule has 0 N–H and O–H groups in total. The van der Waals surface area contributed by atoms with E-state index in [-0.39, 0.29) is 6.29 Å². The molecule has 0 radical (unpaired) electrons. The summed E-state index contributed by atoms with van der Waals surface area (Å²) in [5.41, 5.74) is 0. The van der Waals surface area contributed by atoms with Crippen LogP contribution < -0.4 is 0 Å². The Labute approximate surface area is 125 Å². The van der Waals surface area contributed by atoms with Gasteiger partial charge in [0.25, 0.3) is 0 Å². The van der Waals surface area contributed by atoms with E-state index in [0.717, 1.165) is 25.9 Å². The number of rotatable bonds is 10. The molecule has 0 amide bonds. The second kappa shape index (κ2) is 13.5. The van der Waals surface area contributed by atoms with Crippen LogP contribution in [0.25, 0.3) is 0 Å². The zero-order valence-electron chi connectivity index (χ0n) is 13.3. The number of hydrogen-bond donors (Lipinski definition) is 0. The highest BCUT2D eigenvalue weighted by atomic mass is 16.7. The van der Waals surface area contributed by atoms with Crippen molar-refractivity contribution in [2.45, 2.75) is 90.3 Å². The highest BCUT2D eigenvalue weighted by molar-refractivity contribution is 4.98. The van der Waals surface area contributed by atoms with E-state index in [4.69, 9.17) is 9.47 Å². The van der Waals surface area contributed by atoms with Crippen molar-refractivity contribution in [2.24, 2.45) is 0 Å². The maximum atomic E-state index is 5.64. The minimum absolute atomic E-state index is 0.0358. The third kappa shape index (κ3) is 10.3. The van der Waals surface area contributed by atoms with Gasteiger partial charge in [-0.2, -0.15) is 0 Å². The summed E-state index contributed by atoms with van der Waals surface area (Å²) in [7, 11) is 0. The molecule has 1 saturated heterocycles. The quantitative estimate of drug-likeness (QED) is 0.411. The molecule has 1 aliphatic rings. The lowest BCUT2D eigenvalue weighted by Crippen LogP contribution is -2.22. The first-order valence-electron chi connectivity index (χ1n) is 8.62. The van der Waals surface area contributed by atoms with Crippen molar-refractivity contribution in [3.63, 3.8) is 0 Å². The van der Waals surface area contributed by atoms with Gasteiger partial charge in [0.15, 0.2) is 6.29 Å². The first kappa shape index (κ1) is 17.5. The molecule has 0 saturated carbocycles. The van der Waals surface area contributed by atoms with Crippen molar-refractivity contribution in [1.82, 2.24) is 0 Å². The molecule has 0 bridgehead atoms. The normalized spacial score (nSPS) is 18.6. The highest BCUT2D eigenvalue weighted by Crippen LogP contribution is 2.13. The smallest absolute Gasteiger partial charge is 0.157 e. The summed E-state index contributed by atoms with van der Waals surface area (Å²) in [6.07, 6.45) is 14.9. The van der Waals surface area contributed by atoms with Gasteiger partial charge in [0.05, 0.1) is 6.61 Å². The maximum absolute atomic E-state index is 5.64. The summed E-state index contributed by atoms with van der Waals surface area (Å²) >= 11 is 0. The predicted molar refractivity (Wildman–Crippen MR) is 84.5 cm³/mol. The van der Waals surface area contributed by atoms with Crippen molar-refractivity contribution in [3.05, 3.63) is 0 Å². The first-order chi connectivity index (χ1) is 9.93.